The van der Waals surface area contributed by atoms with Crippen molar-refractivity contribution in [2.45, 2.75) is 64.5 Å². The van der Waals surface area contributed by atoms with E-state index in [2.05, 4.69) is 5.10 Å². The van der Waals surface area contributed by atoms with Gasteiger partial charge in [0.05, 0.1) is 23.8 Å². The highest BCUT2D eigenvalue weighted by molar-refractivity contribution is 6.07. The minimum absolute atomic E-state index is 0.0628. The van der Waals surface area contributed by atoms with Gasteiger partial charge in [-0.25, -0.2) is 5.01 Å². The van der Waals surface area contributed by atoms with Crippen LogP contribution >= 0.6 is 0 Å². The molecular formula is C13H22N2O2. The summed E-state index contributed by atoms with van der Waals surface area (Å²) in [6, 6.07) is -0.100. The van der Waals surface area contributed by atoms with Crippen LogP contribution in [0.3, 0.4) is 0 Å². The molecule has 0 aromatic carbocycles. The van der Waals surface area contributed by atoms with Crippen molar-refractivity contribution in [1.29, 1.82) is 0 Å². The summed E-state index contributed by atoms with van der Waals surface area (Å²) < 4.78 is 0. The zero-order chi connectivity index (χ0) is 12.4. The van der Waals surface area contributed by atoms with Crippen LogP contribution in [0.5, 0.6) is 0 Å². The number of aliphatic hydroxyl groups is 1. The summed E-state index contributed by atoms with van der Waals surface area (Å²) in [7, 11) is 0. The number of aliphatic hydroxyl groups excluding tert-OH is 1. The van der Waals surface area contributed by atoms with Crippen molar-refractivity contribution >= 4 is 11.6 Å². The van der Waals surface area contributed by atoms with Gasteiger partial charge in [-0.05, 0) is 26.2 Å². The zero-order valence-corrected chi connectivity index (χ0v) is 10.7. The summed E-state index contributed by atoms with van der Waals surface area (Å²) in [6.07, 6.45) is 5.35. The van der Waals surface area contributed by atoms with E-state index in [1.807, 2.05) is 13.8 Å². The molecule has 96 valence electrons. The lowest BCUT2D eigenvalue weighted by Gasteiger charge is -2.27. The Morgan fingerprint density at radius 3 is 2.71 bits per heavy atom. The molecule has 1 heterocycles. The summed E-state index contributed by atoms with van der Waals surface area (Å²) in [4.78, 5) is 12.1. The minimum Gasteiger partial charge on any atom is -0.391 e. The van der Waals surface area contributed by atoms with E-state index in [1.165, 1.54) is 0 Å². The number of nitrogens with zero attached hydrogens (tertiary/aromatic N) is 2. The second-order valence-corrected chi connectivity index (χ2v) is 5.12. The SMILES string of the molecule is CCC1=NN(C2CCCCCC2O)C(=O)C1C. The van der Waals surface area contributed by atoms with Crippen molar-refractivity contribution in [3.8, 4) is 0 Å². The number of hydrogen-bond acceptors (Lipinski definition) is 3. The van der Waals surface area contributed by atoms with Crippen molar-refractivity contribution in [3.05, 3.63) is 0 Å². The molecule has 0 spiro atoms. The largest absolute Gasteiger partial charge is 0.391 e. The van der Waals surface area contributed by atoms with E-state index >= 15 is 0 Å². The Balaban J connectivity index is 2.15. The van der Waals surface area contributed by atoms with Gasteiger partial charge < -0.3 is 5.11 Å². The fraction of sp³-hybridized carbons (Fsp3) is 0.846. The summed E-state index contributed by atoms with van der Waals surface area (Å²) in [5, 5.41) is 16.1. The molecule has 2 rings (SSSR count). The molecule has 1 saturated carbocycles. The molecule has 3 unspecified atom stereocenters. The molecule has 1 amide bonds. The first-order valence-corrected chi connectivity index (χ1v) is 6.73. The summed E-state index contributed by atoms with van der Waals surface area (Å²) in [5.41, 5.74) is 0.950. The monoisotopic (exact) mass is 238 g/mol. The van der Waals surface area contributed by atoms with Gasteiger partial charge in [0, 0.05) is 0 Å². The molecule has 0 radical (unpaired) electrons. The van der Waals surface area contributed by atoms with Crippen LogP contribution < -0.4 is 0 Å². The number of hydrazone groups is 1. The van der Waals surface area contributed by atoms with Crippen LogP contribution in [-0.4, -0.2) is 33.9 Å². The molecule has 0 aromatic heterocycles. The minimum atomic E-state index is -0.409. The van der Waals surface area contributed by atoms with E-state index < -0.39 is 6.10 Å². The highest BCUT2D eigenvalue weighted by Crippen LogP contribution is 2.28. The summed E-state index contributed by atoms with van der Waals surface area (Å²) >= 11 is 0. The van der Waals surface area contributed by atoms with E-state index in [0.717, 1.165) is 44.2 Å². The third kappa shape index (κ3) is 2.37. The zero-order valence-electron chi connectivity index (χ0n) is 10.7. The average molecular weight is 238 g/mol. The maximum Gasteiger partial charge on any atom is 0.251 e. The van der Waals surface area contributed by atoms with E-state index in [-0.39, 0.29) is 17.9 Å². The van der Waals surface area contributed by atoms with Crippen LogP contribution in [0.2, 0.25) is 0 Å². The Hall–Kier alpha value is -0.900. The Morgan fingerprint density at radius 1 is 1.35 bits per heavy atom. The molecule has 1 aliphatic carbocycles. The van der Waals surface area contributed by atoms with Gasteiger partial charge >= 0.3 is 0 Å². The van der Waals surface area contributed by atoms with Gasteiger partial charge in [0.25, 0.3) is 5.91 Å². The normalized spacial score (nSPS) is 34.8. The number of hydrogen-bond donors (Lipinski definition) is 1. The maximum absolute atomic E-state index is 12.1. The summed E-state index contributed by atoms with van der Waals surface area (Å²) in [5.74, 6) is -0.0387. The molecule has 17 heavy (non-hydrogen) atoms. The smallest absolute Gasteiger partial charge is 0.251 e. The molecular weight excluding hydrogens is 216 g/mol. The predicted octanol–water partition coefficient (Wildman–Crippen LogP) is 1.92. The van der Waals surface area contributed by atoms with Crippen molar-refractivity contribution in [2.24, 2.45) is 11.0 Å². The Kier molecular flexibility index (Phi) is 3.82. The third-order valence-electron chi connectivity index (χ3n) is 3.95. The molecule has 3 atom stereocenters. The van der Waals surface area contributed by atoms with Crippen LogP contribution in [-0.2, 0) is 4.79 Å². The van der Waals surface area contributed by atoms with Crippen LogP contribution in [0.15, 0.2) is 5.10 Å². The first kappa shape index (κ1) is 12.6. The topological polar surface area (TPSA) is 52.9 Å². The van der Waals surface area contributed by atoms with Crippen molar-refractivity contribution in [2.75, 3.05) is 0 Å². The van der Waals surface area contributed by atoms with Crippen molar-refractivity contribution < 1.29 is 9.90 Å². The quantitative estimate of drug-likeness (QED) is 0.747. The molecule has 1 aliphatic heterocycles. The number of carbonyl (C=O) groups is 1. The molecule has 1 N–H and O–H groups in total. The number of amides is 1. The van der Waals surface area contributed by atoms with Gasteiger partial charge in [0.1, 0.15) is 0 Å². The van der Waals surface area contributed by atoms with Crippen molar-refractivity contribution in [3.63, 3.8) is 0 Å². The van der Waals surface area contributed by atoms with E-state index in [4.69, 9.17) is 0 Å². The summed E-state index contributed by atoms with van der Waals surface area (Å²) in [6.45, 7) is 3.93. The molecule has 1 fully saturated rings. The Labute approximate surface area is 103 Å². The fourth-order valence-electron chi connectivity index (χ4n) is 2.78. The number of carbonyl (C=O) groups excluding carboxylic acids is 1. The van der Waals surface area contributed by atoms with Gasteiger partial charge in [-0.1, -0.05) is 26.2 Å². The number of rotatable bonds is 2. The highest BCUT2D eigenvalue weighted by Gasteiger charge is 2.38. The van der Waals surface area contributed by atoms with Crippen LogP contribution in [0.25, 0.3) is 0 Å². The Morgan fingerprint density at radius 2 is 2.06 bits per heavy atom. The van der Waals surface area contributed by atoms with E-state index in [0.29, 0.717) is 0 Å². The molecule has 0 bridgehead atoms. The lowest BCUT2D eigenvalue weighted by atomic mass is 10.0. The second kappa shape index (κ2) is 5.17. The van der Waals surface area contributed by atoms with E-state index in [9.17, 15) is 9.90 Å². The van der Waals surface area contributed by atoms with Gasteiger partial charge in [-0.3, -0.25) is 4.79 Å². The molecule has 0 saturated heterocycles. The predicted molar refractivity (Wildman–Crippen MR) is 66.6 cm³/mol. The van der Waals surface area contributed by atoms with Gasteiger partial charge in [0.15, 0.2) is 0 Å². The third-order valence-corrected chi connectivity index (χ3v) is 3.95. The molecule has 2 aliphatic rings. The molecule has 4 heteroatoms. The van der Waals surface area contributed by atoms with Gasteiger partial charge in [-0.15, -0.1) is 0 Å². The lowest BCUT2D eigenvalue weighted by molar-refractivity contribution is -0.136. The maximum atomic E-state index is 12.1. The second-order valence-electron chi connectivity index (χ2n) is 5.12. The average Bonchev–Trinajstić information content (AvgIpc) is 2.51. The lowest BCUT2D eigenvalue weighted by Crippen LogP contribution is -2.42. The first-order chi connectivity index (χ1) is 8.15. The van der Waals surface area contributed by atoms with Gasteiger partial charge in [0.2, 0.25) is 0 Å². The van der Waals surface area contributed by atoms with Crippen LogP contribution in [0, 0.1) is 5.92 Å². The molecule has 0 aromatic rings. The highest BCUT2D eigenvalue weighted by atomic mass is 16.3. The standard InChI is InChI=1S/C13H22N2O2/c1-3-10-9(2)13(17)15(14-10)11-7-5-4-6-8-12(11)16/h9,11-12,16H,3-8H2,1-2H3. The van der Waals surface area contributed by atoms with Gasteiger partial charge in [-0.2, -0.15) is 5.10 Å². The van der Waals surface area contributed by atoms with Crippen LogP contribution in [0.1, 0.15) is 52.4 Å². The van der Waals surface area contributed by atoms with Crippen molar-refractivity contribution in [1.82, 2.24) is 5.01 Å². The fourth-order valence-corrected chi connectivity index (χ4v) is 2.78. The molecule has 4 nitrogen and oxygen atoms in total. The first-order valence-electron chi connectivity index (χ1n) is 6.73. The Bertz CT molecular complexity index is 327. The van der Waals surface area contributed by atoms with E-state index in [1.54, 1.807) is 5.01 Å². The van der Waals surface area contributed by atoms with Crippen LogP contribution in [0.4, 0.5) is 0 Å².